The zero-order chi connectivity index (χ0) is 21.6. The predicted octanol–water partition coefficient (Wildman–Crippen LogP) is 0.395. The van der Waals surface area contributed by atoms with Gasteiger partial charge in [0.1, 0.15) is 40.8 Å². The highest BCUT2D eigenvalue weighted by Gasteiger charge is 2.40. The summed E-state index contributed by atoms with van der Waals surface area (Å²) in [6.45, 7) is -0.351. The minimum Gasteiger partial charge on any atom is -0.508 e. The van der Waals surface area contributed by atoms with Gasteiger partial charge >= 0.3 is 0 Å². The average Bonchev–Trinajstić information content (AvgIpc) is 2.70. The normalized spacial score (nSPS) is 24.1. The topological polar surface area (TPSA) is 170 Å². The lowest BCUT2D eigenvalue weighted by atomic mass is 10.1. The van der Waals surface area contributed by atoms with E-state index in [0.717, 1.165) is 12.1 Å². The van der Waals surface area contributed by atoms with Crippen molar-refractivity contribution >= 4 is 11.0 Å². The number of benzene rings is 2. The van der Waals surface area contributed by atoms with Gasteiger partial charge in [-0.25, -0.2) is 0 Å². The van der Waals surface area contributed by atoms with Gasteiger partial charge < -0.3 is 44.5 Å². The molecule has 6 N–H and O–H groups in total. The zero-order valence-corrected chi connectivity index (χ0v) is 15.3. The summed E-state index contributed by atoms with van der Waals surface area (Å²) >= 11 is 0. The zero-order valence-electron chi connectivity index (χ0n) is 15.3. The van der Waals surface area contributed by atoms with E-state index in [1.807, 2.05) is 0 Å². The molecule has 2 aromatic carbocycles. The lowest BCUT2D eigenvalue weighted by molar-refractivity contribution is -0.242. The summed E-state index contributed by atoms with van der Waals surface area (Å²) in [7, 11) is 0. The van der Waals surface area contributed by atoms with Gasteiger partial charge in [0.15, 0.2) is 16.9 Å². The Bertz CT molecular complexity index is 1140. The Hall–Kier alpha value is -3.31. The van der Waals surface area contributed by atoms with E-state index in [0.29, 0.717) is 5.56 Å². The van der Waals surface area contributed by atoms with Crippen LogP contribution in [-0.2, 0) is 4.74 Å². The lowest BCUT2D eigenvalue weighted by Gasteiger charge is -2.35. The summed E-state index contributed by atoms with van der Waals surface area (Å²) in [4.78, 5) is 12.6. The second-order valence-electron chi connectivity index (χ2n) is 6.84. The molecule has 0 unspecified atom stereocenters. The monoisotopic (exact) mass is 418 g/mol. The molecule has 30 heavy (non-hydrogen) atoms. The standard InChI is InChI=1S/C20H18O10/c21-9-3-1-8(2-4-9)13-5-10(22)15-14(29-13)6-11(23)19(17(15)26)30-20-18(27)16(25)12(24)7-28-20/h1-6,12,16,18,20-21,23-27H,7H2/t12-,16-,18-,20+/m0/s1. The van der Waals surface area contributed by atoms with Gasteiger partial charge in [-0.1, -0.05) is 0 Å². The van der Waals surface area contributed by atoms with Crippen LogP contribution < -0.4 is 10.2 Å². The number of aliphatic hydroxyl groups excluding tert-OH is 3. The fourth-order valence-electron chi connectivity index (χ4n) is 3.15. The predicted molar refractivity (Wildman–Crippen MR) is 101 cm³/mol. The molecule has 0 aliphatic carbocycles. The quantitative estimate of drug-likeness (QED) is 0.350. The Balaban J connectivity index is 1.75. The van der Waals surface area contributed by atoms with Crippen molar-refractivity contribution in [3.05, 3.63) is 46.6 Å². The molecule has 2 heterocycles. The maximum atomic E-state index is 12.6. The summed E-state index contributed by atoms with van der Waals surface area (Å²) in [6, 6.07) is 8.05. The van der Waals surface area contributed by atoms with Crippen LogP contribution in [0.5, 0.6) is 23.0 Å². The van der Waals surface area contributed by atoms with Crippen molar-refractivity contribution in [3.8, 4) is 34.3 Å². The van der Waals surface area contributed by atoms with Crippen LogP contribution in [0.25, 0.3) is 22.3 Å². The highest BCUT2D eigenvalue weighted by molar-refractivity contribution is 5.89. The third-order valence-corrected chi connectivity index (χ3v) is 4.77. The van der Waals surface area contributed by atoms with E-state index in [1.54, 1.807) is 0 Å². The smallest absolute Gasteiger partial charge is 0.229 e. The second kappa shape index (κ2) is 7.50. The van der Waals surface area contributed by atoms with Crippen LogP contribution in [-0.4, -0.2) is 61.8 Å². The first-order valence-electron chi connectivity index (χ1n) is 8.91. The molecule has 0 amide bonds. The number of fused-ring (bicyclic) bond motifs is 1. The summed E-state index contributed by atoms with van der Waals surface area (Å²) in [5.74, 6) is -1.73. The molecule has 1 aliphatic rings. The summed E-state index contributed by atoms with van der Waals surface area (Å²) in [5.41, 5.74) is -0.284. The first-order valence-corrected chi connectivity index (χ1v) is 8.91. The van der Waals surface area contributed by atoms with Gasteiger partial charge in [0.05, 0.1) is 6.61 Å². The molecule has 3 aromatic rings. The molecule has 158 valence electrons. The van der Waals surface area contributed by atoms with Crippen LogP contribution in [0.1, 0.15) is 0 Å². The lowest BCUT2D eigenvalue weighted by Crippen LogP contribution is -2.54. The molecule has 4 atom stereocenters. The van der Waals surface area contributed by atoms with E-state index in [9.17, 15) is 35.4 Å². The molecule has 4 rings (SSSR count). The molecule has 10 nitrogen and oxygen atoms in total. The van der Waals surface area contributed by atoms with E-state index < -0.39 is 47.3 Å². The molecule has 0 spiro atoms. The van der Waals surface area contributed by atoms with Crippen molar-refractivity contribution in [2.45, 2.75) is 24.6 Å². The number of rotatable bonds is 3. The van der Waals surface area contributed by atoms with Gasteiger partial charge in [-0.2, -0.15) is 0 Å². The van der Waals surface area contributed by atoms with Crippen molar-refractivity contribution in [3.63, 3.8) is 0 Å². The molecular formula is C20H18O10. The van der Waals surface area contributed by atoms with E-state index >= 15 is 0 Å². The molecule has 1 aromatic heterocycles. The molecule has 0 saturated carbocycles. The SMILES string of the molecule is O=c1cc(-c2ccc(O)cc2)oc2cc(O)c(O[C@H]3OC[C@H](O)[C@H](O)[C@@H]3O)c(O)c12. The first kappa shape index (κ1) is 20.0. The molecular weight excluding hydrogens is 400 g/mol. The Morgan fingerprint density at radius 2 is 1.67 bits per heavy atom. The summed E-state index contributed by atoms with van der Waals surface area (Å²) in [6.07, 6.45) is -6.08. The van der Waals surface area contributed by atoms with Crippen LogP contribution in [0.2, 0.25) is 0 Å². The number of hydrogen-bond acceptors (Lipinski definition) is 10. The van der Waals surface area contributed by atoms with Gasteiger partial charge in [0.2, 0.25) is 12.0 Å². The van der Waals surface area contributed by atoms with Crippen LogP contribution in [0.3, 0.4) is 0 Å². The Morgan fingerprint density at radius 3 is 2.37 bits per heavy atom. The van der Waals surface area contributed by atoms with E-state index in [4.69, 9.17) is 13.9 Å². The number of hydrogen-bond donors (Lipinski definition) is 6. The van der Waals surface area contributed by atoms with E-state index in [1.165, 1.54) is 24.3 Å². The number of phenols is 3. The van der Waals surface area contributed by atoms with Crippen LogP contribution in [0.15, 0.2) is 45.6 Å². The minimum atomic E-state index is -1.67. The molecule has 1 aliphatic heterocycles. The third-order valence-electron chi connectivity index (χ3n) is 4.77. The number of phenolic OH excluding ortho intramolecular Hbond substituents is 3. The van der Waals surface area contributed by atoms with Crippen molar-refractivity contribution in [1.82, 2.24) is 0 Å². The van der Waals surface area contributed by atoms with Gasteiger partial charge in [-0.05, 0) is 24.3 Å². The van der Waals surface area contributed by atoms with Crippen molar-refractivity contribution in [2.75, 3.05) is 6.61 Å². The fourth-order valence-corrected chi connectivity index (χ4v) is 3.15. The summed E-state index contributed by atoms with van der Waals surface area (Å²) < 4.78 is 16.0. The maximum absolute atomic E-state index is 12.6. The fraction of sp³-hybridized carbons (Fsp3) is 0.250. The number of ether oxygens (including phenoxy) is 2. The van der Waals surface area contributed by atoms with Crippen molar-refractivity contribution < 1.29 is 44.5 Å². The Morgan fingerprint density at radius 1 is 0.967 bits per heavy atom. The minimum absolute atomic E-state index is 0.0312. The van der Waals surface area contributed by atoms with Crippen LogP contribution >= 0.6 is 0 Å². The van der Waals surface area contributed by atoms with Crippen molar-refractivity contribution in [2.24, 2.45) is 0 Å². The summed E-state index contributed by atoms with van der Waals surface area (Å²) in [5, 5.41) is 59.1. The molecule has 0 bridgehead atoms. The van der Waals surface area contributed by atoms with Gasteiger partial charge in [-0.15, -0.1) is 0 Å². The van der Waals surface area contributed by atoms with E-state index in [2.05, 4.69) is 0 Å². The van der Waals surface area contributed by atoms with Gasteiger partial charge in [0, 0.05) is 17.7 Å². The second-order valence-corrected chi connectivity index (χ2v) is 6.84. The molecule has 1 saturated heterocycles. The Labute approximate surface area is 168 Å². The number of aromatic hydroxyl groups is 3. The average molecular weight is 418 g/mol. The highest BCUT2D eigenvalue weighted by atomic mass is 16.7. The third kappa shape index (κ3) is 3.42. The van der Waals surface area contributed by atoms with Gasteiger partial charge in [0.25, 0.3) is 0 Å². The maximum Gasteiger partial charge on any atom is 0.229 e. The number of aliphatic hydroxyl groups is 3. The highest BCUT2D eigenvalue weighted by Crippen LogP contribution is 2.43. The molecule has 1 fully saturated rings. The van der Waals surface area contributed by atoms with Gasteiger partial charge in [-0.3, -0.25) is 4.79 Å². The van der Waals surface area contributed by atoms with E-state index in [-0.39, 0.29) is 29.1 Å². The molecule has 10 heteroatoms. The molecule has 0 radical (unpaired) electrons. The van der Waals surface area contributed by atoms with Crippen LogP contribution in [0.4, 0.5) is 0 Å². The first-order chi connectivity index (χ1) is 14.3. The Kier molecular flexibility index (Phi) is 5.00. The van der Waals surface area contributed by atoms with Crippen molar-refractivity contribution in [1.29, 1.82) is 0 Å². The largest absolute Gasteiger partial charge is 0.508 e. The van der Waals surface area contributed by atoms with Crippen LogP contribution in [0, 0.1) is 0 Å².